The molecule has 1 aromatic heterocycles. The van der Waals surface area contributed by atoms with Crippen LogP contribution in [0.25, 0.3) is 0 Å². The first-order valence-corrected chi connectivity index (χ1v) is 10.7. The monoisotopic (exact) mass is 445 g/mol. The van der Waals surface area contributed by atoms with Crippen LogP contribution in [0.2, 0.25) is 0 Å². The van der Waals surface area contributed by atoms with E-state index in [1.165, 1.54) is 0 Å². The van der Waals surface area contributed by atoms with Crippen LogP contribution >= 0.6 is 0 Å². The molecule has 0 spiro atoms. The molecule has 174 valence electrons. The third kappa shape index (κ3) is 5.43. The van der Waals surface area contributed by atoms with E-state index >= 15 is 0 Å². The lowest BCUT2D eigenvalue weighted by atomic mass is 9.73. The highest BCUT2D eigenvalue weighted by Crippen LogP contribution is 2.38. The molecule has 0 atom stereocenters. The summed E-state index contributed by atoms with van der Waals surface area (Å²) in [6.45, 7) is 7.33. The number of benzene rings is 1. The van der Waals surface area contributed by atoms with Crippen LogP contribution in [-0.4, -0.2) is 88.6 Å². The normalized spacial score (nSPS) is 17.6. The number of methoxy groups -OCH3 is 1. The van der Waals surface area contributed by atoms with Crippen LogP contribution in [0.5, 0.6) is 5.75 Å². The zero-order chi connectivity index (χ0) is 23.0. The Bertz CT molecular complexity index is 890. The van der Waals surface area contributed by atoms with Gasteiger partial charge in [-0.05, 0) is 31.0 Å². The molecule has 4 rings (SSSR count). The zero-order valence-electron chi connectivity index (χ0n) is 18.6. The first kappa shape index (κ1) is 23.7. The average molecular weight is 446 g/mol. The van der Waals surface area contributed by atoms with E-state index in [1.807, 2.05) is 27.8 Å². The van der Waals surface area contributed by atoms with Crippen molar-refractivity contribution in [3.63, 3.8) is 0 Å². The van der Waals surface area contributed by atoms with Gasteiger partial charge in [0.1, 0.15) is 17.9 Å². The zero-order valence-corrected chi connectivity index (χ0v) is 18.6. The molecular formula is C22H31N5O5. The van der Waals surface area contributed by atoms with Crippen molar-refractivity contribution in [1.82, 2.24) is 24.6 Å². The molecule has 2 saturated heterocycles. The number of nitrogens with zero attached hydrogens (tertiary/aromatic N) is 5. The van der Waals surface area contributed by atoms with Crippen LogP contribution in [0.15, 0.2) is 30.6 Å². The highest BCUT2D eigenvalue weighted by Gasteiger charge is 2.51. The smallest absolute Gasteiger partial charge is 0.290 e. The van der Waals surface area contributed by atoms with Gasteiger partial charge in [-0.2, -0.15) is 5.10 Å². The van der Waals surface area contributed by atoms with Crippen LogP contribution in [0.4, 0.5) is 0 Å². The van der Waals surface area contributed by atoms with Crippen molar-refractivity contribution in [3.05, 3.63) is 42.0 Å². The van der Waals surface area contributed by atoms with Crippen LogP contribution in [0.3, 0.4) is 0 Å². The molecule has 0 saturated carbocycles. The maximum atomic E-state index is 13.5. The van der Waals surface area contributed by atoms with Gasteiger partial charge in [0.25, 0.3) is 6.47 Å². The third-order valence-electron chi connectivity index (χ3n) is 5.84. The fourth-order valence-corrected chi connectivity index (χ4v) is 4.39. The molecule has 10 nitrogen and oxygen atoms in total. The lowest BCUT2D eigenvalue weighted by Crippen LogP contribution is -2.65. The number of aryl methyl sites for hydroxylation is 1. The van der Waals surface area contributed by atoms with Crippen LogP contribution in [0, 0.1) is 5.41 Å². The average Bonchev–Trinajstić information content (AvgIpc) is 3.25. The molecule has 0 radical (unpaired) electrons. The van der Waals surface area contributed by atoms with E-state index in [0.29, 0.717) is 39.3 Å². The van der Waals surface area contributed by atoms with Gasteiger partial charge < -0.3 is 19.5 Å². The molecule has 1 amide bonds. The Balaban J connectivity index is 0.000000913. The van der Waals surface area contributed by atoms with Crippen LogP contribution in [-0.2, 0) is 33.8 Å². The molecular weight excluding hydrogens is 414 g/mol. The Morgan fingerprint density at radius 3 is 2.69 bits per heavy atom. The van der Waals surface area contributed by atoms with Gasteiger partial charge in [-0.1, -0.05) is 12.1 Å². The third-order valence-corrected chi connectivity index (χ3v) is 5.84. The van der Waals surface area contributed by atoms with Gasteiger partial charge in [-0.25, -0.2) is 9.67 Å². The van der Waals surface area contributed by atoms with Crippen LogP contribution < -0.4 is 4.74 Å². The van der Waals surface area contributed by atoms with Gasteiger partial charge in [0.2, 0.25) is 5.91 Å². The number of carboxylic acid groups (broad SMARTS) is 1. The Labute approximate surface area is 187 Å². The SMILES string of the molecule is CCn1ncnc1CN1CC(Cc2cccc(OC)c2)(C(=O)N2CCOCC2)C1.O=CO. The summed E-state index contributed by atoms with van der Waals surface area (Å²) in [5.74, 6) is 2.00. The highest BCUT2D eigenvalue weighted by molar-refractivity contribution is 5.85. The summed E-state index contributed by atoms with van der Waals surface area (Å²) >= 11 is 0. The Morgan fingerprint density at radius 1 is 1.31 bits per heavy atom. The topological polar surface area (TPSA) is 110 Å². The quantitative estimate of drug-likeness (QED) is 0.627. The highest BCUT2D eigenvalue weighted by atomic mass is 16.5. The molecule has 2 aromatic rings. The van der Waals surface area contributed by atoms with Crippen molar-refractivity contribution in [3.8, 4) is 5.75 Å². The molecule has 3 heterocycles. The molecule has 0 unspecified atom stereocenters. The fourth-order valence-electron chi connectivity index (χ4n) is 4.39. The van der Waals surface area contributed by atoms with Gasteiger partial charge >= 0.3 is 0 Å². The maximum absolute atomic E-state index is 13.5. The summed E-state index contributed by atoms with van der Waals surface area (Å²) < 4.78 is 12.7. The number of hydrogen-bond acceptors (Lipinski definition) is 7. The van der Waals surface area contributed by atoms with Gasteiger partial charge in [0, 0.05) is 32.7 Å². The van der Waals surface area contributed by atoms with Crippen molar-refractivity contribution in [2.24, 2.45) is 5.41 Å². The molecule has 0 bridgehead atoms. The summed E-state index contributed by atoms with van der Waals surface area (Å²) in [7, 11) is 1.67. The number of carbonyl (C=O) groups is 2. The van der Waals surface area contributed by atoms with E-state index in [0.717, 1.165) is 36.8 Å². The first-order valence-electron chi connectivity index (χ1n) is 10.7. The van der Waals surface area contributed by atoms with Gasteiger partial charge in [-0.3, -0.25) is 14.5 Å². The summed E-state index contributed by atoms with van der Waals surface area (Å²) in [5, 5.41) is 11.1. The molecule has 1 aromatic carbocycles. The molecule has 2 aliphatic rings. The molecule has 0 aliphatic carbocycles. The van der Waals surface area contributed by atoms with Crippen molar-refractivity contribution in [2.45, 2.75) is 26.4 Å². The Morgan fingerprint density at radius 2 is 2.03 bits per heavy atom. The number of rotatable bonds is 7. The predicted octanol–water partition coefficient (Wildman–Crippen LogP) is 0.911. The fraction of sp³-hybridized carbons (Fsp3) is 0.545. The minimum Gasteiger partial charge on any atom is -0.497 e. The standard InChI is InChI=1S/C21H29N5O3.CH2O2/c1-3-26-19(22-16-23-26)13-24-14-21(15-24,20(27)25-7-9-29-10-8-25)12-17-5-4-6-18(11-17)28-2;2-1-3/h4-6,11,16H,3,7-10,12-15H2,1-2H3;1H,(H,2,3). The number of morpholine rings is 1. The number of carbonyl (C=O) groups excluding carboxylic acids is 1. The molecule has 10 heteroatoms. The van der Waals surface area contributed by atoms with Crippen molar-refractivity contribution < 1.29 is 24.2 Å². The van der Waals surface area contributed by atoms with E-state index in [4.69, 9.17) is 19.4 Å². The number of hydrogen-bond donors (Lipinski definition) is 1. The van der Waals surface area contributed by atoms with Crippen molar-refractivity contribution in [1.29, 1.82) is 0 Å². The van der Waals surface area contributed by atoms with E-state index in [-0.39, 0.29) is 12.4 Å². The second-order valence-electron chi connectivity index (χ2n) is 7.96. The molecule has 2 aliphatic heterocycles. The minimum atomic E-state index is -0.416. The Kier molecular flexibility index (Phi) is 8.18. The lowest BCUT2D eigenvalue weighted by Gasteiger charge is -2.51. The second-order valence-corrected chi connectivity index (χ2v) is 7.96. The summed E-state index contributed by atoms with van der Waals surface area (Å²) in [4.78, 5) is 30.5. The lowest BCUT2D eigenvalue weighted by molar-refractivity contribution is -0.158. The summed E-state index contributed by atoms with van der Waals surface area (Å²) in [6, 6.07) is 8.03. The Hall–Kier alpha value is -2.98. The van der Waals surface area contributed by atoms with E-state index in [2.05, 4.69) is 28.0 Å². The molecule has 32 heavy (non-hydrogen) atoms. The van der Waals surface area contributed by atoms with Crippen molar-refractivity contribution >= 4 is 12.4 Å². The number of likely N-dealkylation sites (tertiary alicyclic amines) is 1. The van der Waals surface area contributed by atoms with E-state index < -0.39 is 5.41 Å². The van der Waals surface area contributed by atoms with Crippen molar-refractivity contribution in [2.75, 3.05) is 46.5 Å². The summed E-state index contributed by atoms with van der Waals surface area (Å²) in [5.41, 5.74) is 0.711. The summed E-state index contributed by atoms with van der Waals surface area (Å²) in [6.07, 6.45) is 2.30. The van der Waals surface area contributed by atoms with Gasteiger partial charge in [0.15, 0.2) is 0 Å². The largest absolute Gasteiger partial charge is 0.497 e. The van der Waals surface area contributed by atoms with Gasteiger partial charge in [-0.15, -0.1) is 0 Å². The first-order chi connectivity index (χ1) is 15.5. The predicted molar refractivity (Wildman–Crippen MR) is 116 cm³/mol. The number of ether oxygens (including phenoxy) is 2. The molecule has 1 N–H and O–H groups in total. The minimum absolute atomic E-state index is 0.233. The molecule has 2 fully saturated rings. The van der Waals surface area contributed by atoms with E-state index in [1.54, 1.807) is 13.4 Å². The number of aromatic nitrogens is 3. The van der Waals surface area contributed by atoms with Gasteiger partial charge in [0.05, 0.1) is 32.3 Å². The second kappa shape index (κ2) is 11.1. The number of amides is 1. The van der Waals surface area contributed by atoms with E-state index in [9.17, 15) is 4.79 Å². The van der Waals surface area contributed by atoms with Crippen LogP contribution in [0.1, 0.15) is 18.3 Å². The maximum Gasteiger partial charge on any atom is 0.290 e.